The highest BCUT2D eigenvalue weighted by Gasteiger charge is 2.28. The highest BCUT2D eigenvalue weighted by molar-refractivity contribution is 7.89. The van der Waals surface area contributed by atoms with Crippen molar-refractivity contribution in [3.05, 3.63) is 59.7 Å². The predicted molar refractivity (Wildman–Crippen MR) is 100 cm³/mol. The number of nitrogens with zero attached hydrogens (tertiary/aromatic N) is 1. The fraction of sp³-hybridized carbons (Fsp3) is 0.316. The molecule has 7 nitrogen and oxygen atoms in total. The Labute approximate surface area is 167 Å². The Morgan fingerprint density at radius 1 is 1.10 bits per heavy atom. The van der Waals surface area contributed by atoms with Gasteiger partial charge in [0.2, 0.25) is 10.0 Å². The molecule has 3 rings (SSSR count). The number of morpholine rings is 1. The second-order valence-corrected chi connectivity index (χ2v) is 8.12. The van der Waals surface area contributed by atoms with Gasteiger partial charge in [0.15, 0.2) is 0 Å². The van der Waals surface area contributed by atoms with E-state index in [1.165, 1.54) is 34.6 Å². The van der Waals surface area contributed by atoms with Gasteiger partial charge in [0.05, 0.1) is 18.1 Å². The van der Waals surface area contributed by atoms with Gasteiger partial charge in [-0.05, 0) is 35.9 Å². The SMILES string of the molecule is O=C(NCc1ccccc1S(=O)(=O)N1CCOCC1)c1ccc(OC(F)F)cc1. The molecular weight excluding hydrogens is 406 g/mol. The lowest BCUT2D eigenvalue weighted by molar-refractivity contribution is -0.0498. The summed E-state index contributed by atoms with van der Waals surface area (Å²) >= 11 is 0. The topological polar surface area (TPSA) is 84.9 Å². The number of halogens is 2. The fourth-order valence-corrected chi connectivity index (χ4v) is 4.52. The lowest BCUT2D eigenvalue weighted by Crippen LogP contribution is -2.41. The molecule has 10 heteroatoms. The van der Waals surface area contributed by atoms with E-state index >= 15 is 0 Å². The first-order valence-corrected chi connectivity index (χ1v) is 10.3. The number of carbonyl (C=O) groups is 1. The van der Waals surface area contributed by atoms with Gasteiger partial charge in [0.25, 0.3) is 5.91 Å². The van der Waals surface area contributed by atoms with Crippen molar-refractivity contribution in [2.45, 2.75) is 18.1 Å². The van der Waals surface area contributed by atoms with Crippen molar-refractivity contribution in [3.8, 4) is 5.75 Å². The summed E-state index contributed by atoms with van der Waals surface area (Å²) in [5.74, 6) is -0.523. The average Bonchev–Trinajstić information content (AvgIpc) is 2.73. The molecule has 1 aliphatic rings. The molecule has 1 amide bonds. The van der Waals surface area contributed by atoms with Gasteiger partial charge in [-0.1, -0.05) is 18.2 Å². The van der Waals surface area contributed by atoms with Crippen molar-refractivity contribution >= 4 is 15.9 Å². The Morgan fingerprint density at radius 3 is 2.41 bits per heavy atom. The summed E-state index contributed by atoms with van der Waals surface area (Å²) in [5, 5.41) is 2.66. The molecule has 0 saturated carbocycles. The van der Waals surface area contributed by atoms with Crippen LogP contribution in [0.3, 0.4) is 0 Å². The number of alkyl halides is 2. The van der Waals surface area contributed by atoms with Crippen LogP contribution >= 0.6 is 0 Å². The summed E-state index contributed by atoms with van der Waals surface area (Å²) in [6.45, 7) is -1.73. The van der Waals surface area contributed by atoms with Crippen molar-refractivity contribution in [2.75, 3.05) is 26.3 Å². The van der Waals surface area contributed by atoms with Crippen LogP contribution < -0.4 is 10.1 Å². The fourth-order valence-electron chi connectivity index (χ4n) is 2.89. The Morgan fingerprint density at radius 2 is 1.76 bits per heavy atom. The molecule has 1 N–H and O–H groups in total. The molecule has 0 radical (unpaired) electrons. The molecule has 1 heterocycles. The Kier molecular flexibility index (Phi) is 6.78. The van der Waals surface area contributed by atoms with Gasteiger partial charge in [-0.2, -0.15) is 13.1 Å². The van der Waals surface area contributed by atoms with E-state index < -0.39 is 22.5 Å². The van der Waals surface area contributed by atoms with Crippen molar-refractivity contribution in [1.82, 2.24) is 9.62 Å². The number of benzene rings is 2. The number of nitrogens with one attached hydrogen (secondary N) is 1. The molecule has 1 aliphatic heterocycles. The molecule has 2 aromatic rings. The average molecular weight is 426 g/mol. The number of hydrogen-bond acceptors (Lipinski definition) is 5. The highest BCUT2D eigenvalue weighted by atomic mass is 32.2. The Hall–Kier alpha value is -2.56. The maximum absolute atomic E-state index is 12.9. The normalized spacial score (nSPS) is 15.3. The number of sulfonamides is 1. The monoisotopic (exact) mass is 426 g/mol. The zero-order valence-electron chi connectivity index (χ0n) is 15.4. The molecule has 0 atom stereocenters. The number of rotatable bonds is 7. The minimum absolute atomic E-state index is 0.00609. The second-order valence-electron chi connectivity index (χ2n) is 6.21. The lowest BCUT2D eigenvalue weighted by Gasteiger charge is -2.27. The van der Waals surface area contributed by atoms with Crippen LogP contribution in [0.25, 0.3) is 0 Å². The number of carbonyl (C=O) groups excluding carboxylic acids is 1. The van der Waals surface area contributed by atoms with E-state index in [-0.39, 0.29) is 35.8 Å². The summed E-state index contributed by atoms with van der Waals surface area (Å²) in [5.41, 5.74) is 0.685. The van der Waals surface area contributed by atoms with Crippen LogP contribution in [-0.4, -0.2) is 51.5 Å². The quantitative estimate of drug-likeness (QED) is 0.734. The van der Waals surface area contributed by atoms with E-state index in [1.54, 1.807) is 18.2 Å². The third-order valence-electron chi connectivity index (χ3n) is 4.34. The smallest absolute Gasteiger partial charge is 0.387 e. The lowest BCUT2D eigenvalue weighted by atomic mass is 10.2. The Balaban J connectivity index is 1.70. The highest BCUT2D eigenvalue weighted by Crippen LogP contribution is 2.21. The molecule has 29 heavy (non-hydrogen) atoms. The second kappa shape index (κ2) is 9.29. The van der Waals surface area contributed by atoms with E-state index in [4.69, 9.17) is 4.74 Å². The molecule has 0 bridgehead atoms. The van der Waals surface area contributed by atoms with Gasteiger partial charge in [-0.15, -0.1) is 0 Å². The van der Waals surface area contributed by atoms with E-state index in [0.717, 1.165) is 0 Å². The number of hydrogen-bond donors (Lipinski definition) is 1. The number of ether oxygens (including phenoxy) is 2. The van der Waals surface area contributed by atoms with Crippen LogP contribution in [-0.2, 0) is 21.3 Å². The van der Waals surface area contributed by atoms with Crippen molar-refractivity contribution in [1.29, 1.82) is 0 Å². The van der Waals surface area contributed by atoms with Crippen molar-refractivity contribution < 1.29 is 31.5 Å². The molecule has 0 aliphatic carbocycles. The summed E-state index contributed by atoms with van der Waals surface area (Å²) in [6, 6.07) is 11.7. The van der Waals surface area contributed by atoms with Crippen molar-refractivity contribution in [2.24, 2.45) is 0 Å². The molecule has 2 aromatic carbocycles. The zero-order chi connectivity index (χ0) is 20.9. The first-order valence-electron chi connectivity index (χ1n) is 8.87. The summed E-state index contributed by atoms with van der Waals surface area (Å²) < 4.78 is 61.1. The first kappa shape index (κ1) is 21.2. The molecule has 0 unspecified atom stereocenters. The van der Waals surface area contributed by atoms with E-state index in [2.05, 4.69) is 10.1 Å². The maximum Gasteiger partial charge on any atom is 0.387 e. The molecule has 0 aromatic heterocycles. The minimum Gasteiger partial charge on any atom is -0.435 e. The van der Waals surface area contributed by atoms with Gasteiger partial charge in [0.1, 0.15) is 5.75 Å². The van der Waals surface area contributed by atoms with E-state index in [0.29, 0.717) is 18.8 Å². The summed E-state index contributed by atoms with van der Waals surface area (Å²) in [6.07, 6.45) is 0. The van der Waals surface area contributed by atoms with E-state index in [1.807, 2.05) is 0 Å². The van der Waals surface area contributed by atoms with Crippen LogP contribution in [0.5, 0.6) is 5.75 Å². The maximum atomic E-state index is 12.9. The van der Waals surface area contributed by atoms with E-state index in [9.17, 15) is 22.0 Å². The number of amides is 1. The molecular formula is C19H20F2N2O5S. The summed E-state index contributed by atoms with van der Waals surface area (Å²) in [4.78, 5) is 12.5. The largest absolute Gasteiger partial charge is 0.435 e. The van der Waals surface area contributed by atoms with Gasteiger partial charge in [0, 0.05) is 25.2 Å². The third kappa shape index (κ3) is 5.28. The molecule has 1 saturated heterocycles. The minimum atomic E-state index is -3.71. The van der Waals surface area contributed by atoms with Crippen LogP contribution in [0.4, 0.5) is 8.78 Å². The summed E-state index contributed by atoms with van der Waals surface area (Å²) in [7, 11) is -3.71. The molecule has 156 valence electrons. The van der Waals surface area contributed by atoms with Gasteiger partial charge >= 0.3 is 6.61 Å². The van der Waals surface area contributed by atoms with Crippen LogP contribution in [0.1, 0.15) is 15.9 Å². The van der Waals surface area contributed by atoms with Gasteiger partial charge in [-0.3, -0.25) is 4.79 Å². The molecule has 1 fully saturated rings. The predicted octanol–water partition coefficient (Wildman–Crippen LogP) is 2.24. The van der Waals surface area contributed by atoms with Crippen LogP contribution in [0, 0.1) is 0 Å². The zero-order valence-corrected chi connectivity index (χ0v) is 16.2. The van der Waals surface area contributed by atoms with Gasteiger partial charge < -0.3 is 14.8 Å². The van der Waals surface area contributed by atoms with Crippen LogP contribution in [0.2, 0.25) is 0 Å². The Bertz CT molecular complexity index is 945. The van der Waals surface area contributed by atoms with Gasteiger partial charge in [-0.25, -0.2) is 8.42 Å². The van der Waals surface area contributed by atoms with Crippen LogP contribution in [0.15, 0.2) is 53.4 Å². The van der Waals surface area contributed by atoms with Crippen molar-refractivity contribution in [3.63, 3.8) is 0 Å². The third-order valence-corrected chi connectivity index (χ3v) is 6.34. The first-order chi connectivity index (χ1) is 13.9. The molecule has 0 spiro atoms. The standard InChI is InChI=1S/C19H20F2N2O5S/c20-19(21)28-16-7-5-14(6-8-16)18(24)22-13-15-3-1-2-4-17(15)29(25,26)23-9-11-27-12-10-23/h1-8,19H,9-13H2,(H,22,24).